The van der Waals surface area contributed by atoms with E-state index < -0.39 is 59.2 Å². The van der Waals surface area contributed by atoms with Crippen molar-refractivity contribution in [2.75, 3.05) is 47.0 Å². The first-order chi connectivity index (χ1) is 28.3. The molecule has 59 heavy (non-hydrogen) atoms. The number of piperazine rings is 1. The van der Waals surface area contributed by atoms with E-state index in [0.717, 1.165) is 17.4 Å². The molecule has 3 aromatic rings. The standard InChI is InChI=1S/C42H45N3O13S/c1-8-54-41(51)44-10-9-21-13-26(47)27(52-6)14-23(21)42(44)16-59-38-30-29(37-36(56-17-57-37)19(3)35(30)58-20(4)46)25(15-55-40(42)50)45-32(38)31-28-22(12-24(39(45)49)43(31)5)11-18(2)34(53-7)33(28)48/h8,11,13-14,24-25,31-32,38-39,47-49H,1,9-10,12,15-17H2,2-7H3/t24-,25+,31+,32?,38+,39-,42+/m0/s1. The largest absolute Gasteiger partial charge is 0.504 e. The molecule has 4 bridgehead atoms. The van der Waals surface area contributed by atoms with Crippen molar-refractivity contribution in [2.45, 2.75) is 74.8 Å². The summed E-state index contributed by atoms with van der Waals surface area (Å²) in [6.45, 7) is 8.07. The molecule has 3 aromatic carbocycles. The quantitative estimate of drug-likeness (QED) is 0.191. The van der Waals surface area contributed by atoms with Crippen LogP contribution in [0.2, 0.25) is 0 Å². The second-order valence-electron chi connectivity index (χ2n) is 15.7. The lowest BCUT2D eigenvalue weighted by Crippen LogP contribution is -2.70. The van der Waals surface area contributed by atoms with E-state index in [1.807, 2.05) is 24.9 Å². The fourth-order valence-corrected chi connectivity index (χ4v) is 12.2. The fraction of sp³-hybridized carbons (Fsp3) is 0.452. The molecule has 3 N–H and O–H groups in total. The topological polar surface area (TPSA) is 186 Å². The maximum absolute atomic E-state index is 15.2. The molecule has 7 aliphatic rings. The van der Waals surface area contributed by atoms with Gasteiger partial charge in [-0.15, -0.1) is 11.8 Å². The summed E-state index contributed by atoms with van der Waals surface area (Å²) in [5.74, 6) is -0.293. The van der Waals surface area contributed by atoms with E-state index in [0.29, 0.717) is 57.1 Å². The lowest BCUT2D eigenvalue weighted by atomic mass is 9.73. The first-order valence-corrected chi connectivity index (χ1v) is 20.3. The van der Waals surface area contributed by atoms with Gasteiger partial charge < -0.3 is 48.5 Å². The molecule has 7 aliphatic heterocycles. The number of phenolic OH excluding ortho intramolecular Hbond substituents is 2. The van der Waals surface area contributed by atoms with Gasteiger partial charge in [-0.3, -0.25) is 19.5 Å². The third-order valence-corrected chi connectivity index (χ3v) is 14.3. The van der Waals surface area contributed by atoms with Crippen LogP contribution in [0.25, 0.3) is 0 Å². The summed E-state index contributed by atoms with van der Waals surface area (Å²) >= 11 is 1.29. The van der Waals surface area contributed by atoms with Gasteiger partial charge in [0, 0.05) is 47.5 Å². The van der Waals surface area contributed by atoms with Gasteiger partial charge in [0.2, 0.25) is 6.79 Å². The number of phenols is 2. The van der Waals surface area contributed by atoms with Gasteiger partial charge in [0.05, 0.1) is 43.9 Å². The predicted octanol–water partition coefficient (Wildman–Crippen LogP) is 4.41. The highest BCUT2D eigenvalue weighted by molar-refractivity contribution is 7.99. The van der Waals surface area contributed by atoms with Crippen LogP contribution in [0.5, 0.6) is 40.2 Å². The number of methoxy groups -OCH3 is 2. The maximum atomic E-state index is 15.2. The van der Waals surface area contributed by atoms with Crippen molar-refractivity contribution in [1.29, 1.82) is 0 Å². The van der Waals surface area contributed by atoms with Gasteiger partial charge in [0.15, 0.2) is 40.0 Å². The van der Waals surface area contributed by atoms with Crippen LogP contribution in [0.4, 0.5) is 4.79 Å². The molecule has 1 amide bonds. The Bertz CT molecular complexity index is 2340. The lowest BCUT2D eigenvalue weighted by molar-refractivity contribution is -0.188. The summed E-state index contributed by atoms with van der Waals surface area (Å²) in [4.78, 5) is 47.5. The molecule has 0 radical (unpaired) electrons. The fourth-order valence-electron chi connectivity index (χ4n) is 10.5. The van der Waals surface area contributed by atoms with Crippen molar-refractivity contribution < 1.29 is 62.9 Å². The van der Waals surface area contributed by atoms with Crippen LogP contribution in [0.1, 0.15) is 68.8 Å². The molecule has 0 aliphatic carbocycles. The molecule has 17 heteroatoms. The van der Waals surface area contributed by atoms with E-state index >= 15 is 4.79 Å². The van der Waals surface area contributed by atoms with Gasteiger partial charge in [-0.1, -0.05) is 12.6 Å². The highest BCUT2D eigenvalue weighted by Crippen LogP contribution is 2.65. The monoisotopic (exact) mass is 831 g/mol. The predicted molar refractivity (Wildman–Crippen MR) is 210 cm³/mol. The van der Waals surface area contributed by atoms with Crippen LogP contribution in [0, 0.1) is 13.8 Å². The summed E-state index contributed by atoms with van der Waals surface area (Å²) in [5.41, 5.74) is 2.92. The molecule has 7 heterocycles. The number of aromatic hydroxyl groups is 2. The molecule has 0 saturated carbocycles. The summed E-state index contributed by atoms with van der Waals surface area (Å²) < 4.78 is 41.4. The van der Waals surface area contributed by atoms with Crippen LogP contribution in [-0.2, 0) is 37.4 Å². The van der Waals surface area contributed by atoms with Crippen molar-refractivity contribution in [3.05, 3.63) is 75.5 Å². The van der Waals surface area contributed by atoms with Crippen LogP contribution < -0.4 is 23.7 Å². The number of aryl methyl sites for hydroxylation is 1. The molecule has 7 atom stereocenters. The number of carbonyl (C=O) groups excluding carboxylic acids is 3. The lowest BCUT2D eigenvalue weighted by Gasteiger charge is -2.62. The number of hydrogen-bond acceptors (Lipinski definition) is 16. The number of ether oxygens (including phenoxy) is 7. The number of esters is 2. The highest BCUT2D eigenvalue weighted by Gasteiger charge is 2.62. The van der Waals surface area contributed by atoms with Gasteiger partial charge in [-0.05, 0) is 68.1 Å². The molecule has 312 valence electrons. The number of carbonyl (C=O) groups is 3. The van der Waals surface area contributed by atoms with Gasteiger partial charge in [0.1, 0.15) is 18.6 Å². The number of likely N-dealkylation sites (N-methyl/N-ethyl adjacent to an activating group) is 1. The van der Waals surface area contributed by atoms with Crippen molar-refractivity contribution in [3.8, 4) is 40.2 Å². The van der Waals surface area contributed by atoms with E-state index in [1.165, 1.54) is 43.9 Å². The SMILES string of the molecule is C=COC(=O)N1CCc2cc(O)c(OC)cc2[C@@]12CS[C@@H]1c3c(OC(C)=O)c(C)c4c(c3[C@@H](COC2=O)N2C1[C@H]1c3c(cc(C)c(OC)c3O)C[C@@H]([C@@H]2O)N1C)OCO4. The summed E-state index contributed by atoms with van der Waals surface area (Å²) in [6.07, 6.45) is -0.329. The minimum absolute atomic E-state index is 0.0178. The summed E-state index contributed by atoms with van der Waals surface area (Å²) in [5, 5.41) is 34.9. The van der Waals surface area contributed by atoms with Crippen molar-refractivity contribution >= 4 is 29.8 Å². The van der Waals surface area contributed by atoms with E-state index in [4.69, 9.17) is 33.2 Å². The Kier molecular flexibility index (Phi) is 9.37. The Balaban J connectivity index is 1.34. The Morgan fingerprint density at radius 1 is 1.02 bits per heavy atom. The Labute approximate surface area is 344 Å². The normalized spacial score (nSPS) is 27.8. The number of rotatable bonds is 4. The highest BCUT2D eigenvalue weighted by atomic mass is 32.2. The molecule has 1 unspecified atom stereocenters. The number of thioether (sulfide) groups is 1. The van der Waals surface area contributed by atoms with Crippen molar-refractivity contribution in [3.63, 3.8) is 0 Å². The van der Waals surface area contributed by atoms with Gasteiger partial charge >= 0.3 is 18.0 Å². The molecule has 10 rings (SSSR count). The molecule has 16 nitrogen and oxygen atoms in total. The number of benzene rings is 3. The molecular weight excluding hydrogens is 787 g/mol. The van der Waals surface area contributed by atoms with Crippen LogP contribution in [-0.4, -0.2) is 113 Å². The first kappa shape index (κ1) is 39.1. The number of fused-ring (bicyclic) bond motifs is 9. The van der Waals surface area contributed by atoms with E-state index in [-0.39, 0.29) is 55.1 Å². The number of nitrogens with zero attached hydrogens (tertiary/aromatic N) is 3. The second-order valence-corrected chi connectivity index (χ2v) is 16.8. The molecule has 1 spiro atoms. The Morgan fingerprint density at radius 3 is 2.49 bits per heavy atom. The average molecular weight is 832 g/mol. The van der Waals surface area contributed by atoms with E-state index in [1.54, 1.807) is 13.0 Å². The van der Waals surface area contributed by atoms with Crippen LogP contribution >= 0.6 is 11.8 Å². The third-order valence-electron chi connectivity index (χ3n) is 12.9. The number of hydrogen-bond donors (Lipinski definition) is 3. The zero-order chi connectivity index (χ0) is 41.8. The third kappa shape index (κ3) is 5.43. The zero-order valence-corrected chi connectivity index (χ0v) is 34.2. The number of amides is 1. The Morgan fingerprint density at radius 2 is 1.78 bits per heavy atom. The summed E-state index contributed by atoms with van der Waals surface area (Å²) in [6, 6.07) is 2.36. The molecule has 2 fully saturated rings. The van der Waals surface area contributed by atoms with E-state index in [2.05, 4.69) is 11.5 Å². The average Bonchev–Trinajstić information content (AvgIpc) is 3.69. The maximum Gasteiger partial charge on any atom is 0.415 e. The number of aliphatic hydroxyl groups excluding tert-OH is 1. The van der Waals surface area contributed by atoms with Gasteiger partial charge in [-0.25, -0.2) is 9.59 Å². The minimum Gasteiger partial charge on any atom is -0.504 e. The van der Waals surface area contributed by atoms with Gasteiger partial charge in [0.25, 0.3) is 0 Å². The Hall–Kier alpha value is -5.36. The van der Waals surface area contributed by atoms with Crippen LogP contribution in [0.15, 0.2) is 31.0 Å². The molecule has 2 saturated heterocycles. The van der Waals surface area contributed by atoms with Gasteiger partial charge in [-0.2, -0.15) is 0 Å². The van der Waals surface area contributed by atoms with Crippen LogP contribution in [0.3, 0.4) is 0 Å². The van der Waals surface area contributed by atoms with Crippen molar-refractivity contribution in [1.82, 2.24) is 14.7 Å². The zero-order valence-electron chi connectivity index (χ0n) is 33.4. The molecule has 0 aromatic heterocycles. The minimum atomic E-state index is -1.86. The van der Waals surface area contributed by atoms with Crippen molar-refractivity contribution in [2.24, 2.45) is 0 Å². The first-order valence-electron chi connectivity index (χ1n) is 19.3. The van der Waals surface area contributed by atoms with E-state index in [9.17, 15) is 24.9 Å². The summed E-state index contributed by atoms with van der Waals surface area (Å²) in [7, 11) is 4.80. The smallest absolute Gasteiger partial charge is 0.415 e. The molecular formula is C42H45N3O13S. The number of aliphatic hydroxyl groups is 1. The second kappa shape index (κ2) is 14.1.